The number of hydrogen-bond acceptors (Lipinski definition) is 3. The number of anilines is 1. The van der Waals surface area contributed by atoms with Crippen LogP contribution in [0.5, 0.6) is 5.75 Å². The van der Waals surface area contributed by atoms with Gasteiger partial charge in [0, 0.05) is 11.6 Å². The average Bonchev–Trinajstić information content (AvgIpc) is 2.57. The summed E-state index contributed by atoms with van der Waals surface area (Å²) in [7, 11) is 0. The van der Waals surface area contributed by atoms with Crippen LogP contribution in [0.3, 0.4) is 0 Å². The zero-order valence-corrected chi connectivity index (χ0v) is 13.1. The van der Waals surface area contributed by atoms with Crippen molar-refractivity contribution < 1.29 is 9.53 Å². The van der Waals surface area contributed by atoms with Crippen LogP contribution in [0.4, 0.5) is 5.69 Å². The van der Waals surface area contributed by atoms with Gasteiger partial charge in [-0.1, -0.05) is 36.4 Å². The molecule has 2 aromatic carbocycles. The first-order valence-corrected chi connectivity index (χ1v) is 7.52. The summed E-state index contributed by atoms with van der Waals surface area (Å²) in [5, 5.41) is 3.88. The summed E-state index contributed by atoms with van der Waals surface area (Å²) in [5.74, 6) is 0.512. The molecule has 0 aliphatic heterocycles. The van der Waals surface area contributed by atoms with Crippen molar-refractivity contribution in [3.63, 3.8) is 0 Å². The lowest BCUT2D eigenvalue weighted by Crippen LogP contribution is -2.30. The molecule has 0 bridgehead atoms. The van der Waals surface area contributed by atoms with Gasteiger partial charge in [0.15, 0.2) is 6.10 Å². The summed E-state index contributed by atoms with van der Waals surface area (Å²) in [6, 6.07) is 17.2. The molecule has 0 saturated heterocycles. The van der Waals surface area contributed by atoms with Crippen molar-refractivity contribution in [1.82, 2.24) is 4.98 Å². The van der Waals surface area contributed by atoms with Gasteiger partial charge < -0.3 is 10.1 Å². The Morgan fingerprint density at radius 1 is 1.09 bits per heavy atom. The Balaban J connectivity index is 1.77. The molecule has 3 rings (SSSR count). The topological polar surface area (TPSA) is 51.2 Å². The van der Waals surface area contributed by atoms with E-state index in [4.69, 9.17) is 4.74 Å². The number of aryl methyl sites for hydroxylation is 1. The molecular formula is C19H18N2O2. The lowest BCUT2D eigenvalue weighted by Gasteiger charge is -2.16. The first kappa shape index (κ1) is 15.0. The van der Waals surface area contributed by atoms with Crippen molar-refractivity contribution in [3.8, 4) is 5.75 Å². The molecule has 0 spiro atoms. The standard InChI is InChI=1S/C19H18N2O2/c1-13-7-3-4-11-17(13)23-14(2)19(22)21-16-10-5-8-15-9-6-12-20-18(15)16/h3-12,14H,1-2H3,(H,21,22)/t14-/m1/s1. The molecule has 1 heterocycles. The van der Waals surface area contributed by atoms with Crippen molar-refractivity contribution in [1.29, 1.82) is 0 Å². The van der Waals surface area contributed by atoms with Gasteiger partial charge in [0.25, 0.3) is 5.91 Å². The van der Waals surface area contributed by atoms with Crippen molar-refractivity contribution in [2.45, 2.75) is 20.0 Å². The van der Waals surface area contributed by atoms with Gasteiger partial charge in [-0.25, -0.2) is 0 Å². The van der Waals surface area contributed by atoms with E-state index in [1.807, 2.05) is 61.5 Å². The summed E-state index contributed by atoms with van der Waals surface area (Å²) >= 11 is 0. The van der Waals surface area contributed by atoms with Crippen molar-refractivity contribution in [2.75, 3.05) is 5.32 Å². The number of nitrogens with zero attached hydrogens (tertiary/aromatic N) is 1. The SMILES string of the molecule is Cc1ccccc1O[C@H](C)C(=O)Nc1cccc2cccnc12. The highest BCUT2D eigenvalue weighted by molar-refractivity contribution is 6.01. The predicted octanol–water partition coefficient (Wildman–Crippen LogP) is 3.95. The maximum Gasteiger partial charge on any atom is 0.265 e. The molecule has 0 unspecified atom stereocenters. The molecule has 1 atom stereocenters. The highest BCUT2D eigenvalue weighted by atomic mass is 16.5. The molecule has 116 valence electrons. The van der Waals surface area contributed by atoms with E-state index in [-0.39, 0.29) is 5.91 Å². The van der Waals surface area contributed by atoms with Crippen LogP contribution in [0.1, 0.15) is 12.5 Å². The van der Waals surface area contributed by atoms with Crippen LogP contribution in [-0.2, 0) is 4.79 Å². The Bertz CT molecular complexity index is 840. The Morgan fingerprint density at radius 2 is 1.87 bits per heavy atom. The van der Waals surface area contributed by atoms with Crippen LogP contribution < -0.4 is 10.1 Å². The first-order valence-electron chi connectivity index (χ1n) is 7.52. The number of carbonyl (C=O) groups is 1. The third-order valence-corrected chi connectivity index (χ3v) is 3.66. The summed E-state index contributed by atoms with van der Waals surface area (Å²) < 4.78 is 5.76. The van der Waals surface area contributed by atoms with E-state index in [0.717, 1.165) is 16.5 Å². The number of amides is 1. The molecule has 4 nitrogen and oxygen atoms in total. The Kier molecular flexibility index (Phi) is 4.24. The van der Waals surface area contributed by atoms with E-state index < -0.39 is 6.10 Å². The fourth-order valence-corrected chi connectivity index (χ4v) is 2.37. The molecule has 0 radical (unpaired) electrons. The number of nitrogens with one attached hydrogen (secondary N) is 1. The number of ether oxygens (including phenoxy) is 1. The summed E-state index contributed by atoms with van der Waals surface area (Å²) in [6.07, 6.45) is 1.11. The summed E-state index contributed by atoms with van der Waals surface area (Å²) in [6.45, 7) is 3.69. The molecule has 0 saturated carbocycles. The van der Waals surface area contributed by atoms with E-state index in [2.05, 4.69) is 10.3 Å². The Hall–Kier alpha value is -2.88. The maximum atomic E-state index is 12.4. The van der Waals surface area contributed by atoms with Crippen LogP contribution in [0.2, 0.25) is 0 Å². The number of fused-ring (bicyclic) bond motifs is 1. The van der Waals surface area contributed by atoms with E-state index in [1.54, 1.807) is 13.1 Å². The number of pyridine rings is 1. The van der Waals surface area contributed by atoms with E-state index >= 15 is 0 Å². The summed E-state index contributed by atoms with van der Waals surface area (Å²) in [4.78, 5) is 16.7. The van der Waals surface area contributed by atoms with Gasteiger partial charge in [0.05, 0.1) is 11.2 Å². The second kappa shape index (κ2) is 6.48. The minimum absolute atomic E-state index is 0.202. The molecule has 1 aromatic heterocycles. The lowest BCUT2D eigenvalue weighted by molar-refractivity contribution is -0.122. The molecule has 0 aliphatic rings. The van der Waals surface area contributed by atoms with Gasteiger partial charge in [-0.15, -0.1) is 0 Å². The number of rotatable bonds is 4. The smallest absolute Gasteiger partial charge is 0.265 e. The zero-order valence-electron chi connectivity index (χ0n) is 13.1. The van der Waals surface area contributed by atoms with Crippen LogP contribution in [0.15, 0.2) is 60.8 Å². The van der Waals surface area contributed by atoms with Crippen molar-refractivity contribution >= 4 is 22.5 Å². The van der Waals surface area contributed by atoms with Crippen molar-refractivity contribution in [3.05, 3.63) is 66.4 Å². The number of hydrogen-bond donors (Lipinski definition) is 1. The predicted molar refractivity (Wildman–Crippen MR) is 91.6 cm³/mol. The lowest BCUT2D eigenvalue weighted by atomic mass is 10.2. The highest BCUT2D eigenvalue weighted by Gasteiger charge is 2.16. The first-order chi connectivity index (χ1) is 11.1. The van der Waals surface area contributed by atoms with Crippen LogP contribution in [-0.4, -0.2) is 17.0 Å². The second-order valence-electron chi connectivity index (χ2n) is 5.40. The van der Waals surface area contributed by atoms with Gasteiger partial charge in [-0.05, 0) is 37.6 Å². The molecular weight excluding hydrogens is 288 g/mol. The van der Waals surface area contributed by atoms with Crippen LogP contribution in [0, 0.1) is 6.92 Å². The maximum absolute atomic E-state index is 12.4. The minimum atomic E-state index is -0.602. The van der Waals surface area contributed by atoms with Gasteiger partial charge in [-0.2, -0.15) is 0 Å². The molecule has 23 heavy (non-hydrogen) atoms. The third-order valence-electron chi connectivity index (χ3n) is 3.66. The minimum Gasteiger partial charge on any atom is -0.481 e. The Labute approximate surface area is 135 Å². The molecule has 0 fully saturated rings. The number of aromatic nitrogens is 1. The third kappa shape index (κ3) is 3.31. The second-order valence-corrected chi connectivity index (χ2v) is 5.40. The van der Waals surface area contributed by atoms with E-state index in [1.165, 1.54) is 0 Å². The largest absolute Gasteiger partial charge is 0.481 e. The number of carbonyl (C=O) groups excluding carboxylic acids is 1. The van der Waals surface area contributed by atoms with E-state index in [9.17, 15) is 4.79 Å². The van der Waals surface area contributed by atoms with E-state index in [0.29, 0.717) is 11.4 Å². The molecule has 3 aromatic rings. The number of benzene rings is 2. The average molecular weight is 306 g/mol. The van der Waals surface area contributed by atoms with Crippen LogP contribution >= 0.6 is 0 Å². The molecule has 1 N–H and O–H groups in total. The monoisotopic (exact) mass is 306 g/mol. The molecule has 0 aliphatic carbocycles. The highest BCUT2D eigenvalue weighted by Crippen LogP contribution is 2.22. The van der Waals surface area contributed by atoms with Gasteiger partial charge in [0.1, 0.15) is 5.75 Å². The fraction of sp³-hybridized carbons (Fsp3) is 0.158. The summed E-state index contributed by atoms with van der Waals surface area (Å²) in [5.41, 5.74) is 2.46. The van der Waals surface area contributed by atoms with Crippen molar-refractivity contribution in [2.24, 2.45) is 0 Å². The van der Waals surface area contributed by atoms with Crippen LogP contribution in [0.25, 0.3) is 10.9 Å². The van der Waals surface area contributed by atoms with Gasteiger partial charge in [-0.3, -0.25) is 9.78 Å². The Morgan fingerprint density at radius 3 is 2.70 bits per heavy atom. The van der Waals surface area contributed by atoms with Gasteiger partial charge in [0.2, 0.25) is 0 Å². The zero-order chi connectivity index (χ0) is 16.2. The molecule has 4 heteroatoms. The normalized spacial score (nSPS) is 11.9. The number of para-hydroxylation sites is 2. The van der Waals surface area contributed by atoms with Gasteiger partial charge >= 0.3 is 0 Å². The quantitative estimate of drug-likeness (QED) is 0.794. The molecule has 1 amide bonds. The fourth-order valence-electron chi connectivity index (χ4n) is 2.37.